The van der Waals surface area contributed by atoms with Crippen molar-refractivity contribution in [2.45, 2.75) is 123 Å². The predicted octanol–water partition coefficient (Wildman–Crippen LogP) is 2.60. The second-order valence-electron chi connectivity index (χ2n) is 15.1. The molecule has 288 valence electrons. The van der Waals surface area contributed by atoms with Gasteiger partial charge in [-0.3, -0.25) is 28.8 Å². The number of hydrogen-bond donors (Lipinski definition) is 1. The summed E-state index contributed by atoms with van der Waals surface area (Å²) >= 11 is 0. The lowest BCUT2D eigenvalue weighted by Gasteiger charge is -2.45. The van der Waals surface area contributed by atoms with Crippen molar-refractivity contribution in [3.8, 4) is 0 Å². The van der Waals surface area contributed by atoms with Crippen LogP contribution in [0.25, 0.3) is 0 Å². The maximum absolute atomic E-state index is 14.7. The van der Waals surface area contributed by atoms with Crippen LogP contribution in [0.3, 0.4) is 0 Å². The van der Waals surface area contributed by atoms with Crippen LogP contribution in [0.4, 0.5) is 0 Å². The molecule has 16 heteroatoms. The lowest BCUT2D eigenvalue weighted by Crippen LogP contribution is -2.63. The second-order valence-corrected chi connectivity index (χ2v) is 16.9. The van der Waals surface area contributed by atoms with Gasteiger partial charge in [-0.25, -0.2) is 12.7 Å². The molecule has 10 atom stereocenters. The summed E-state index contributed by atoms with van der Waals surface area (Å²) in [5.74, 6) is -4.23. The maximum atomic E-state index is 14.7. The first kappa shape index (κ1) is 39.6. The van der Waals surface area contributed by atoms with Crippen LogP contribution in [-0.4, -0.2) is 97.5 Å². The van der Waals surface area contributed by atoms with E-state index < -0.39 is 100 Å². The molecule has 1 aromatic rings. The molecule has 15 nitrogen and oxygen atoms in total. The normalized spacial score (nSPS) is 32.3. The van der Waals surface area contributed by atoms with Crippen molar-refractivity contribution in [2.75, 3.05) is 12.4 Å². The van der Waals surface area contributed by atoms with Crippen LogP contribution >= 0.6 is 0 Å². The smallest absolute Gasteiger partial charge is 0.303 e. The maximum Gasteiger partial charge on any atom is 0.303 e. The molecule has 2 saturated heterocycles. The van der Waals surface area contributed by atoms with E-state index in [2.05, 4.69) is 19.3 Å². The van der Waals surface area contributed by atoms with Gasteiger partial charge in [-0.2, -0.15) is 5.48 Å². The van der Waals surface area contributed by atoms with Gasteiger partial charge in [-0.05, 0) is 48.5 Å². The summed E-state index contributed by atoms with van der Waals surface area (Å²) in [6.07, 6.45) is -4.25. The zero-order valence-corrected chi connectivity index (χ0v) is 31.5. The standard InChI is InChI=1S/C36H50N2O13S/c1-20(15-27-31(48-22(3)40)33(50-24(5)42)32(49-23(4)41)28(51-27)18-46-21(2)39)30(37-47-17-25-11-9-8-10-12-25)34(43)38-29-16-26-13-14-36(29,35(26,6)7)19-52(38,44)45/h8-12,20,26-33,37H,13-19H2,1-7H3/t20-,26+,27+,28-,29+,30-,31+,32+,33-,36+/m1/s1. The van der Waals surface area contributed by atoms with Crippen molar-refractivity contribution >= 4 is 39.8 Å². The number of amides is 1. The molecule has 2 bridgehead atoms. The third-order valence-corrected chi connectivity index (χ3v) is 13.4. The Morgan fingerprint density at radius 1 is 0.904 bits per heavy atom. The molecule has 4 fully saturated rings. The topological polar surface area (TPSA) is 190 Å². The van der Waals surface area contributed by atoms with E-state index in [1.54, 1.807) is 6.92 Å². The minimum Gasteiger partial charge on any atom is -0.463 e. The van der Waals surface area contributed by atoms with Gasteiger partial charge in [0.25, 0.3) is 5.91 Å². The third-order valence-electron chi connectivity index (χ3n) is 11.4. The molecular formula is C36H50N2O13S. The summed E-state index contributed by atoms with van der Waals surface area (Å²) in [5, 5.41) is 0. The summed E-state index contributed by atoms with van der Waals surface area (Å²) in [4.78, 5) is 69.3. The average molecular weight is 751 g/mol. The van der Waals surface area contributed by atoms with E-state index in [9.17, 15) is 32.4 Å². The average Bonchev–Trinajstić information content (AvgIpc) is 3.53. The van der Waals surface area contributed by atoms with Crippen LogP contribution in [-0.2, 0) is 69.1 Å². The number of esters is 4. The monoisotopic (exact) mass is 750 g/mol. The third kappa shape index (κ3) is 7.85. The quantitative estimate of drug-likeness (QED) is 0.176. The Morgan fingerprint density at radius 3 is 2.08 bits per heavy atom. The lowest BCUT2D eigenvalue weighted by molar-refractivity contribution is -0.255. The van der Waals surface area contributed by atoms with E-state index in [4.69, 9.17) is 28.5 Å². The van der Waals surface area contributed by atoms with Gasteiger partial charge >= 0.3 is 23.9 Å². The molecule has 1 aromatic carbocycles. The summed E-state index contributed by atoms with van der Waals surface area (Å²) in [5.41, 5.74) is 2.82. The summed E-state index contributed by atoms with van der Waals surface area (Å²) in [6, 6.07) is 7.46. The van der Waals surface area contributed by atoms with Gasteiger partial charge in [0.2, 0.25) is 10.0 Å². The van der Waals surface area contributed by atoms with E-state index >= 15 is 0 Å². The highest BCUT2D eigenvalue weighted by atomic mass is 32.2. The van der Waals surface area contributed by atoms with Crippen LogP contribution in [0.2, 0.25) is 0 Å². The number of nitrogens with zero attached hydrogens (tertiary/aromatic N) is 1. The zero-order valence-electron chi connectivity index (χ0n) is 30.7. The summed E-state index contributed by atoms with van der Waals surface area (Å²) in [6.45, 7) is 10.1. The molecule has 4 aliphatic rings. The Bertz CT molecular complexity index is 1640. The molecule has 1 spiro atoms. The van der Waals surface area contributed by atoms with Crippen LogP contribution in [0.1, 0.15) is 79.7 Å². The number of fused-ring (bicyclic) bond motifs is 1. The zero-order chi connectivity index (χ0) is 38.2. The number of benzene rings is 1. The summed E-state index contributed by atoms with van der Waals surface area (Å²) in [7, 11) is -4.01. The molecule has 5 rings (SSSR count). The number of ether oxygens (including phenoxy) is 5. The Hall–Kier alpha value is -3.60. The molecule has 2 heterocycles. The molecule has 1 N–H and O–H groups in total. The van der Waals surface area contributed by atoms with Crippen molar-refractivity contribution in [1.82, 2.24) is 9.79 Å². The van der Waals surface area contributed by atoms with Gasteiger partial charge < -0.3 is 23.7 Å². The minimum absolute atomic E-state index is 0.0611. The molecule has 0 aromatic heterocycles. The first-order valence-corrected chi connectivity index (χ1v) is 19.3. The van der Waals surface area contributed by atoms with E-state index in [0.717, 1.165) is 37.1 Å². The number of carbonyl (C=O) groups excluding carboxylic acids is 5. The van der Waals surface area contributed by atoms with Crippen molar-refractivity contribution in [3.05, 3.63) is 35.9 Å². The van der Waals surface area contributed by atoms with Gasteiger partial charge in [0.15, 0.2) is 18.3 Å². The van der Waals surface area contributed by atoms with Crippen LogP contribution in [0.5, 0.6) is 0 Å². The fourth-order valence-electron chi connectivity index (χ4n) is 8.93. The molecule has 0 unspecified atom stereocenters. The van der Waals surface area contributed by atoms with Crippen molar-refractivity contribution in [3.63, 3.8) is 0 Å². The number of rotatable bonds is 13. The van der Waals surface area contributed by atoms with Crippen molar-refractivity contribution in [1.29, 1.82) is 0 Å². The van der Waals surface area contributed by atoms with Crippen molar-refractivity contribution < 1.29 is 60.9 Å². The SMILES string of the molecule is CC(=O)OC[C@H]1O[C@@H](C[C@@H](C)[C@@H](NOCc2ccccc2)C(=O)N2[C@H]3C[C@@H]4CC[C@@]3(CS2(=O)=O)C4(C)C)[C@H](OC(C)=O)[C@@H](OC(C)=O)[C@H]1OC(C)=O. The molecule has 52 heavy (non-hydrogen) atoms. The number of sulfonamides is 1. The van der Waals surface area contributed by atoms with Gasteiger partial charge in [0, 0.05) is 33.1 Å². The van der Waals surface area contributed by atoms with E-state index in [-0.39, 0.29) is 30.1 Å². The largest absolute Gasteiger partial charge is 0.463 e. The number of hydroxylamine groups is 1. The predicted molar refractivity (Wildman–Crippen MR) is 182 cm³/mol. The number of carbonyl (C=O) groups is 5. The molecule has 2 aliphatic carbocycles. The van der Waals surface area contributed by atoms with Gasteiger partial charge in [0.05, 0.1) is 24.5 Å². The Morgan fingerprint density at radius 2 is 1.50 bits per heavy atom. The highest BCUT2D eigenvalue weighted by molar-refractivity contribution is 7.90. The molecule has 2 aliphatic heterocycles. The lowest BCUT2D eigenvalue weighted by atomic mass is 9.69. The highest BCUT2D eigenvalue weighted by Gasteiger charge is 2.72. The second kappa shape index (κ2) is 15.4. The Kier molecular flexibility index (Phi) is 11.7. The molecular weight excluding hydrogens is 700 g/mol. The molecule has 0 radical (unpaired) electrons. The van der Waals surface area contributed by atoms with Crippen LogP contribution < -0.4 is 5.48 Å². The fraction of sp³-hybridized carbons (Fsp3) is 0.694. The fourth-order valence-corrected chi connectivity index (χ4v) is 11.5. The first-order chi connectivity index (χ1) is 24.4. The highest BCUT2D eigenvalue weighted by Crippen LogP contribution is 2.70. The van der Waals surface area contributed by atoms with E-state index in [0.29, 0.717) is 12.8 Å². The number of hydrogen-bond acceptors (Lipinski definition) is 14. The number of nitrogens with one attached hydrogen (secondary N) is 1. The molecule has 1 amide bonds. The molecule has 2 saturated carbocycles. The van der Waals surface area contributed by atoms with Crippen LogP contribution in [0, 0.1) is 22.7 Å². The Balaban J connectivity index is 1.48. The van der Waals surface area contributed by atoms with Gasteiger partial charge in [0.1, 0.15) is 18.8 Å². The first-order valence-electron chi connectivity index (χ1n) is 17.7. The minimum atomic E-state index is -4.01. The van der Waals surface area contributed by atoms with Gasteiger partial charge in [-0.1, -0.05) is 51.1 Å². The Labute approximate surface area is 304 Å². The van der Waals surface area contributed by atoms with Crippen molar-refractivity contribution in [2.24, 2.45) is 22.7 Å². The van der Waals surface area contributed by atoms with Crippen LogP contribution in [0.15, 0.2) is 30.3 Å². The summed E-state index contributed by atoms with van der Waals surface area (Å²) < 4.78 is 57.2. The van der Waals surface area contributed by atoms with E-state index in [1.807, 2.05) is 30.3 Å². The van der Waals surface area contributed by atoms with Gasteiger partial charge in [-0.15, -0.1) is 0 Å². The van der Waals surface area contributed by atoms with E-state index in [1.165, 1.54) is 6.92 Å².